The van der Waals surface area contributed by atoms with Gasteiger partial charge in [0.05, 0.1) is 16.7 Å². The maximum atomic E-state index is 4.50. The van der Waals surface area contributed by atoms with Crippen LogP contribution in [0.5, 0.6) is 0 Å². The first kappa shape index (κ1) is 29.4. The van der Waals surface area contributed by atoms with Crippen LogP contribution < -0.4 is 0 Å². The summed E-state index contributed by atoms with van der Waals surface area (Å²) in [5.41, 5.74) is 13.7. The van der Waals surface area contributed by atoms with Crippen molar-refractivity contribution < 1.29 is 0 Å². The smallest absolute Gasteiger partial charge is 0.0572 e. The Morgan fingerprint density at radius 2 is 1.08 bits per heavy atom. The van der Waals surface area contributed by atoms with Crippen LogP contribution in [0.25, 0.3) is 82.4 Å². The molecule has 0 bridgehead atoms. The van der Waals surface area contributed by atoms with Gasteiger partial charge < -0.3 is 4.57 Å². The van der Waals surface area contributed by atoms with Crippen LogP contribution in [0.2, 0.25) is 0 Å². The first-order valence-electron chi connectivity index (χ1n) is 17.8. The number of nitrogens with zero attached hydrogens (tertiary/aromatic N) is 2. The number of rotatable bonds is 5. The van der Waals surface area contributed by atoms with E-state index in [-0.39, 0.29) is 0 Å². The van der Waals surface area contributed by atoms with Crippen molar-refractivity contribution in [3.05, 3.63) is 193 Å². The second-order valence-electron chi connectivity index (χ2n) is 13.4. The molecule has 0 radical (unpaired) electrons. The molecule has 0 aliphatic heterocycles. The van der Waals surface area contributed by atoms with Crippen LogP contribution in [0.1, 0.15) is 24.0 Å². The highest BCUT2D eigenvalue weighted by molar-refractivity contribution is 6.22. The van der Waals surface area contributed by atoms with Gasteiger partial charge in [-0.2, -0.15) is 0 Å². The molecule has 10 rings (SSSR count). The van der Waals surface area contributed by atoms with Crippen molar-refractivity contribution in [2.24, 2.45) is 0 Å². The van der Waals surface area contributed by atoms with E-state index in [2.05, 4.69) is 179 Å². The quantitative estimate of drug-likeness (QED) is 0.170. The van der Waals surface area contributed by atoms with Gasteiger partial charge in [-0.15, -0.1) is 0 Å². The molecule has 0 unspecified atom stereocenters. The highest BCUT2D eigenvalue weighted by Crippen LogP contribution is 2.46. The summed E-state index contributed by atoms with van der Waals surface area (Å²) in [7, 11) is 0. The van der Waals surface area contributed by atoms with E-state index < -0.39 is 0 Å². The summed E-state index contributed by atoms with van der Waals surface area (Å²) >= 11 is 0. The van der Waals surface area contributed by atoms with Gasteiger partial charge in [0.1, 0.15) is 0 Å². The van der Waals surface area contributed by atoms with Gasteiger partial charge in [0, 0.05) is 28.7 Å². The number of fused-ring (bicyclic) bond motifs is 5. The molecule has 0 spiro atoms. The van der Waals surface area contributed by atoms with Gasteiger partial charge in [-0.1, -0.05) is 146 Å². The summed E-state index contributed by atoms with van der Waals surface area (Å²) in [5, 5.41) is 7.49. The maximum absolute atomic E-state index is 4.50. The monoisotopic (exact) mass is 650 g/mol. The number of para-hydroxylation sites is 2. The van der Waals surface area contributed by atoms with Crippen LogP contribution >= 0.6 is 0 Å². The van der Waals surface area contributed by atoms with Crippen LogP contribution in [0, 0.1) is 0 Å². The minimum Gasteiger partial charge on any atom is -0.309 e. The molecule has 2 nitrogen and oxygen atoms in total. The second-order valence-corrected chi connectivity index (χ2v) is 13.4. The third-order valence-electron chi connectivity index (χ3n) is 10.6. The maximum Gasteiger partial charge on any atom is 0.0572 e. The molecule has 7 aromatic carbocycles. The standard InChI is InChI=1S/C49H34N2/c1-3-15-33(16-4-1)48-40-23-9-10-24-41(40)49(34-17-5-2-6-18-34)43-31-35(27-28-42(43)48)36-19-7-8-20-37(36)38-21-11-13-25-45(38)51-46-26-14-12-22-39(46)44-32-50-30-29-47(44)51/h1-6,8-18,20-32H,7,19H2. The molecule has 51 heavy (non-hydrogen) atoms. The van der Waals surface area contributed by atoms with Crippen molar-refractivity contribution >= 4 is 54.5 Å². The largest absolute Gasteiger partial charge is 0.309 e. The Balaban J connectivity index is 1.26. The fraction of sp³-hybridized carbons (Fsp3) is 0.0408. The molecule has 1 aliphatic rings. The third kappa shape index (κ3) is 4.75. The van der Waals surface area contributed by atoms with Gasteiger partial charge in [-0.05, 0) is 97.6 Å². The summed E-state index contributed by atoms with van der Waals surface area (Å²) in [5.74, 6) is 0. The predicted molar refractivity (Wildman–Crippen MR) is 216 cm³/mol. The molecule has 0 atom stereocenters. The summed E-state index contributed by atoms with van der Waals surface area (Å²) in [4.78, 5) is 4.50. The minimum absolute atomic E-state index is 0.975. The molecule has 0 fully saturated rings. The van der Waals surface area contributed by atoms with Gasteiger partial charge in [0.15, 0.2) is 0 Å². The van der Waals surface area contributed by atoms with Gasteiger partial charge >= 0.3 is 0 Å². The van der Waals surface area contributed by atoms with E-state index >= 15 is 0 Å². The molecule has 0 saturated carbocycles. The Morgan fingerprint density at radius 3 is 1.84 bits per heavy atom. The van der Waals surface area contributed by atoms with E-state index in [1.54, 1.807) is 0 Å². The van der Waals surface area contributed by atoms with E-state index in [1.165, 1.54) is 93.6 Å². The molecular formula is C49H34N2. The lowest BCUT2D eigenvalue weighted by Gasteiger charge is -2.22. The van der Waals surface area contributed by atoms with Crippen molar-refractivity contribution in [1.82, 2.24) is 9.55 Å². The SMILES string of the molecule is C1=CC(c2ccccc2-n2c3ccccc3c3cnccc32)=C(c2ccc3c(-c4ccccc4)c4ccccc4c(-c4ccccc4)c3c2)CC1. The van der Waals surface area contributed by atoms with Crippen molar-refractivity contribution in [1.29, 1.82) is 0 Å². The number of aromatic nitrogens is 2. The molecular weight excluding hydrogens is 617 g/mol. The van der Waals surface area contributed by atoms with Crippen LogP contribution in [-0.2, 0) is 0 Å². The van der Waals surface area contributed by atoms with Crippen LogP contribution in [0.15, 0.2) is 182 Å². The average molecular weight is 651 g/mol. The lowest BCUT2D eigenvalue weighted by Crippen LogP contribution is -2.02. The second kappa shape index (κ2) is 12.1. The zero-order valence-electron chi connectivity index (χ0n) is 28.1. The van der Waals surface area contributed by atoms with E-state index in [9.17, 15) is 0 Å². The summed E-state index contributed by atoms with van der Waals surface area (Å²) in [6, 6.07) is 57.6. The first-order chi connectivity index (χ1) is 25.3. The van der Waals surface area contributed by atoms with E-state index in [4.69, 9.17) is 0 Å². The lowest BCUT2D eigenvalue weighted by molar-refractivity contribution is 1.06. The highest BCUT2D eigenvalue weighted by Gasteiger charge is 2.22. The van der Waals surface area contributed by atoms with Crippen molar-refractivity contribution in [2.75, 3.05) is 0 Å². The Morgan fingerprint density at radius 1 is 0.471 bits per heavy atom. The van der Waals surface area contributed by atoms with Crippen molar-refractivity contribution in [3.8, 4) is 27.9 Å². The fourth-order valence-corrected chi connectivity index (χ4v) is 8.39. The van der Waals surface area contributed by atoms with Gasteiger partial charge in [-0.25, -0.2) is 0 Å². The molecule has 0 N–H and O–H groups in total. The van der Waals surface area contributed by atoms with E-state index in [0.29, 0.717) is 0 Å². The fourth-order valence-electron chi connectivity index (χ4n) is 8.39. The first-order valence-corrected chi connectivity index (χ1v) is 17.8. The van der Waals surface area contributed by atoms with Crippen LogP contribution in [0.3, 0.4) is 0 Å². The van der Waals surface area contributed by atoms with Gasteiger partial charge in [0.2, 0.25) is 0 Å². The Kier molecular flexibility index (Phi) is 6.99. The van der Waals surface area contributed by atoms with Crippen LogP contribution in [-0.4, -0.2) is 9.55 Å². The topological polar surface area (TPSA) is 17.8 Å². The van der Waals surface area contributed by atoms with Gasteiger partial charge in [-0.3, -0.25) is 4.98 Å². The van der Waals surface area contributed by atoms with Crippen LogP contribution in [0.4, 0.5) is 0 Å². The van der Waals surface area contributed by atoms with E-state index in [1.807, 2.05) is 12.4 Å². The molecule has 0 amide bonds. The average Bonchev–Trinajstić information content (AvgIpc) is 3.54. The van der Waals surface area contributed by atoms with Crippen molar-refractivity contribution in [2.45, 2.75) is 12.8 Å². The molecule has 2 heteroatoms. The zero-order chi connectivity index (χ0) is 33.7. The Hall–Kier alpha value is -6.51. The number of hydrogen-bond donors (Lipinski definition) is 0. The van der Waals surface area contributed by atoms with E-state index in [0.717, 1.165) is 12.8 Å². The zero-order valence-corrected chi connectivity index (χ0v) is 28.1. The highest BCUT2D eigenvalue weighted by atomic mass is 15.0. The number of allylic oxidation sites excluding steroid dienone is 4. The summed E-state index contributed by atoms with van der Waals surface area (Å²) < 4.78 is 2.42. The minimum atomic E-state index is 0.975. The molecule has 0 saturated heterocycles. The summed E-state index contributed by atoms with van der Waals surface area (Å²) in [6.07, 6.45) is 10.6. The number of hydrogen-bond acceptors (Lipinski definition) is 1. The predicted octanol–water partition coefficient (Wildman–Crippen LogP) is 13.1. The van der Waals surface area contributed by atoms with Gasteiger partial charge in [0.25, 0.3) is 0 Å². The molecule has 9 aromatic rings. The molecule has 2 aromatic heterocycles. The Labute approximate surface area is 297 Å². The normalized spacial score (nSPS) is 13.2. The third-order valence-corrected chi connectivity index (χ3v) is 10.6. The Bertz CT molecular complexity index is 2780. The lowest BCUT2D eigenvalue weighted by atomic mass is 9.82. The number of pyridine rings is 1. The molecule has 2 heterocycles. The number of benzene rings is 7. The van der Waals surface area contributed by atoms with Crippen molar-refractivity contribution in [3.63, 3.8) is 0 Å². The summed E-state index contributed by atoms with van der Waals surface area (Å²) in [6.45, 7) is 0. The molecule has 1 aliphatic carbocycles. The molecule has 240 valence electrons.